The van der Waals surface area contributed by atoms with E-state index in [4.69, 9.17) is 21.1 Å². The Kier molecular flexibility index (Phi) is 8.01. The fourth-order valence-electron chi connectivity index (χ4n) is 3.76. The molecule has 0 bridgehead atoms. The number of urea groups is 1. The van der Waals surface area contributed by atoms with E-state index in [-0.39, 0.29) is 28.5 Å². The van der Waals surface area contributed by atoms with E-state index >= 15 is 0 Å². The van der Waals surface area contributed by atoms with Gasteiger partial charge in [0.1, 0.15) is 5.57 Å². The molecular formula is C25H16ClIN4O9. The number of nitro benzene ring substituents is 2. The van der Waals surface area contributed by atoms with Crippen LogP contribution in [0.1, 0.15) is 11.1 Å². The van der Waals surface area contributed by atoms with Crippen molar-refractivity contribution in [3.63, 3.8) is 0 Å². The molecule has 1 N–H and O–H groups in total. The number of non-ortho nitro benzene ring substituents is 1. The summed E-state index contributed by atoms with van der Waals surface area (Å²) in [7, 11) is 1.31. The third-order valence-electron chi connectivity index (χ3n) is 5.71. The van der Waals surface area contributed by atoms with Gasteiger partial charge in [0.25, 0.3) is 17.5 Å². The van der Waals surface area contributed by atoms with E-state index in [0.717, 1.165) is 23.1 Å². The summed E-state index contributed by atoms with van der Waals surface area (Å²) < 4.78 is 11.5. The van der Waals surface area contributed by atoms with E-state index in [2.05, 4.69) is 5.32 Å². The summed E-state index contributed by atoms with van der Waals surface area (Å²) in [6.45, 7) is 1.62. The van der Waals surface area contributed by atoms with E-state index in [1.165, 1.54) is 31.4 Å². The Balaban J connectivity index is 1.74. The molecule has 13 nitrogen and oxygen atoms in total. The molecule has 0 aliphatic carbocycles. The molecule has 0 atom stereocenters. The maximum Gasteiger partial charge on any atom is 0.335 e. The van der Waals surface area contributed by atoms with Gasteiger partial charge in [-0.15, -0.1) is 0 Å². The molecule has 204 valence electrons. The maximum absolute atomic E-state index is 13.3. The number of carbonyl (C=O) groups is 3. The van der Waals surface area contributed by atoms with Crippen LogP contribution in [0.15, 0.2) is 54.1 Å². The highest BCUT2D eigenvalue weighted by Gasteiger charge is 2.37. The van der Waals surface area contributed by atoms with Crippen molar-refractivity contribution in [2.45, 2.75) is 6.92 Å². The highest BCUT2D eigenvalue weighted by Crippen LogP contribution is 2.41. The van der Waals surface area contributed by atoms with Crippen LogP contribution >= 0.6 is 34.2 Å². The van der Waals surface area contributed by atoms with Gasteiger partial charge in [-0.25, -0.2) is 9.69 Å². The van der Waals surface area contributed by atoms with E-state index in [1.54, 1.807) is 19.1 Å². The number of barbiturate groups is 1. The number of halogens is 2. The van der Waals surface area contributed by atoms with Gasteiger partial charge in [-0.05, 0) is 77.0 Å². The average molecular weight is 679 g/mol. The van der Waals surface area contributed by atoms with Crippen LogP contribution in [0.5, 0.6) is 17.2 Å². The van der Waals surface area contributed by atoms with Crippen molar-refractivity contribution in [1.82, 2.24) is 5.32 Å². The molecule has 3 aromatic rings. The Labute approximate surface area is 243 Å². The van der Waals surface area contributed by atoms with Gasteiger partial charge < -0.3 is 9.47 Å². The normalized spacial score (nSPS) is 14.2. The maximum atomic E-state index is 13.3. The number of rotatable bonds is 7. The number of hydrogen-bond donors (Lipinski definition) is 1. The summed E-state index contributed by atoms with van der Waals surface area (Å²) in [6.07, 6.45) is 1.25. The number of benzene rings is 3. The van der Waals surface area contributed by atoms with Crippen LogP contribution in [-0.4, -0.2) is 34.8 Å². The van der Waals surface area contributed by atoms with Crippen LogP contribution in [0.25, 0.3) is 6.08 Å². The molecule has 1 saturated heterocycles. The number of amides is 4. The van der Waals surface area contributed by atoms with Crippen LogP contribution in [0.4, 0.5) is 21.9 Å². The first kappa shape index (κ1) is 28.4. The predicted molar refractivity (Wildman–Crippen MR) is 151 cm³/mol. The van der Waals surface area contributed by atoms with Gasteiger partial charge in [-0.3, -0.25) is 35.1 Å². The molecule has 40 heavy (non-hydrogen) atoms. The molecule has 3 aromatic carbocycles. The number of methoxy groups -OCH3 is 1. The van der Waals surface area contributed by atoms with Crippen molar-refractivity contribution >= 4 is 75.2 Å². The lowest BCUT2D eigenvalue weighted by atomic mass is 10.1. The predicted octanol–water partition coefficient (Wildman–Crippen LogP) is 5.54. The number of hydrogen-bond acceptors (Lipinski definition) is 9. The minimum Gasteiger partial charge on any atom is -0.493 e. The van der Waals surface area contributed by atoms with E-state index in [0.29, 0.717) is 19.7 Å². The summed E-state index contributed by atoms with van der Waals surface area (Å²) >= 11 is 8.01. The molecule has 4 rings (SSSR count). The number of nitrogens with one attached hydrogen (secondary N) is 1. The Hall–Kier alpha value is -4.57. The van der Waals surface area contributed by atoms with Gasteiger partial charge in [0.2, 0.25) is 5.75 Å². The first-order valence-corrected chi connectivity index (χ1v) is 12.5. The Morgan fingerprint density at radius 3 is 2.40 bits per heavy atom. The second-order valence-electron chi connectivity index (χ2n) is 8.14. The molecule has 0 spiro atoms. The number of anilines is 1. The summed E-state index contributed by atoms with van der Waals surface area (Å²) in [5.74, 6) is -1.94. The highest BCUT2D eigenvalue weighted by molar-refractivity contribution is 14.1. The third kappa shape index (κ3) is 5.43. The minimum atomic E-state index is -0.932. The van der Waals surface area contributed by atoms with Crippen molar-refractivity contribution in [2.75, 3.05) is 12.0 Å². The zero-order valence-corrected chi connectivity index (χ0v) is 23.4. The van der Waals surface area contributed by atoms with Crippen molar-refractivity contribution in [3.05, 3.63) is 94.1 Å². The average Bonchev–Trinajstić information content (AvgIpc) is 2.90. The number of nitro groups is 2. The van der Waals surface area contributed by atoms with Gasteiger partial charge in [-0.2, -0.15) is 0 Å². The van der Waals surface area contributed by atoms with Crippen molar-refractivity contribution in [3.8, 4) is 17.2 Å². The van der Waals surface area contributed by atoms with Gasteiger partial charge in [-0.1, -0.05) is 17.7 Å². The quantitative estimate of drug-likeness (QED) is 0.111. The molecule has 15 heteroatoms. The Morgan fingerprint density at radius 1 is 1.02 bits per heavy atom. The van der Waals surface area contributed by atoms with Crippen molar-refractivity contribution in [1.29, 1.82) is 0 Å². The second kappa shape index (κ2) is 11.3. The summed E-state index contributed by atoms with van der Waals surface area (Å²) in [5.41, 5.74) is -0.505. The summed E-state index contributed by atoms with van der Waals surface area (Å²) in [5, 5.41) is 25.0. The SMILES string of the molecule is COc1cc(/C=C2\C(=O)NC(=O)N(c3cccc(Cl)c3C)C2=O)cc(I)c1Oc1ccc([N+](=O)[O-])cc1[N+](=O)[O-]. The molecule has 4 amide bonds. The number of nitrogens with zero attached hydrogens (tertiary/aromatic N) is 3. The van der Waals surface area contributed by atoms with Crippen molar-refractivity contribution in [2.24, 2.45) is 0 Å². The third-order valence-corrected chi connectivity index (χ3v) is 6.92. The molecule has 0 aromatic heterocycles. The molecule has 0 unspecified atom stereocenters. The monoisotopic (exact) mass is 678 g/mol. The molecule has 1 aliphatic heterocycles. The van der Waals surface area contributed by atoms with Gasteiger partial charge in [0.05, 0.1) is 32.3 Å². The number of imide groups is 2. The number of ether oxygens (including phenoxy) is 2. The lowest BCUT2D eigenvalue weighted by molar-refractivity contribution is -0.394. The molecule has 0 saturated carbocycles. The molecule has 1 fully saturated rings. The van der Waals surface area contributed by atoms with Crippen LogP contribution < -0.4 is 19.7 Å². The van der Waals surface area contributed by atoms with E-state index in [1.807, 2.05) is 22.6 Å². The summed E-state index contributed by atoms with van der Waals surface area (Å²) in [4.78, 5) is 60.3. The van der Waals surface area contributed by atoms with Crippen molar-refractivity contribution < 1.29 is 33.7 Å². The van der Waals surface area contributed by atoms with Gasteiger partial charge in [0.15, 0.2) is 11.5 Å². The van der Waals surface area contributed by atoms with Gasteiger partial charge >= 0.3 is 11.7 Å². The largest absolute Gasteiger partial charge is 0.493 e. The standard InChI is InChI=1S/C25H16ClIN4O9/c1-12-16(26)4-3-5-18(12)29-24(33)15(23(32)28-25(29)34)8-13-9-17(27)22(21(10-13)39-2)40-20-7-6-14(30(35)36)11-19(20)31(37)38/h3-11H,1-2H3,(H,28,32,34)/b15-8+. The first-order chi connectivity index (χ1) is 18.9. The number of carbonyl (C=O) groups excluding carboxylic acids is 3. The van der Waals surface area contributed by atoms with E-state index in [9.17, 15) is 34.6 Å². The smallest absolute Gasteiger partial charge is 0.335 e. The lowest BCUT2D eigenvalue weighted by Gasteiger charge is -2.27. The van der Waals surface area contributed by atoms with E-state index < -0.39 is 39.1 Å². The lowest BCUT2D eigenvalue weighted by Crippen LogP contribution is -2.54. The topological polar surface area (TPSA) is 171 Å². The van der Waals surface area contributed by atoms with Crippen LogP contribution in [0, 0.1) is 30.7 Å². The second-order valence-corrected chi connectivity index (χ2v) is 9.71. The van der Waals surface area contributed by atoms with Gasteiger partial charge in [0, 0.05) is 11.1 Å². The fourth-order valence-corrected chi connectivity index (χ4v) is 4.67. The molecular weight excluding hydrogens is 663 g/mol. The fraction of sp³-hybridized carbons (Fsp3) is 0.0800. The zero-order chi connectivity index (χ0) is 29.3. The first-order valence-electron chi connectivity index (χ1n) is 11.1. The summed E-state index contributed by atoms with van der Waals surface area (Å²) in [6, 6.07) is 9.58. The molecule has 1 heterocycles. The van der Waals surface area contributed by atoms with Crippen LogP contribution in [0.3, 0.4) is 0 Å². The molecule has 0 radical (unpaired) electrons. The zero-order valence-electron chi connectivity index (χ0n) is 20.5. The van der Waals surface area contributed by atoms with Crippen LogP contribution in [-0.2, 0) is 9.59 Å². The molecule has 1 aliphatic rings. The Morgan fingerprint density at radius 2 is 1.75 bits per heavy atom. The Bertz CT molecular complexity index is 1660. The minimum absolute atomic E-state index is 0.0491. The van der Waals surface area contributed by atoms with Crippen LogP contribution in [0.2, 0.25) is 5.02 Å². The highest BCUT2D eigenvalue weighted by atomic mass is 127.